The highest BCUT2D eigenvalue weighted by Gasteiger charge is 1.94. The van der Waals surface area contributed by atoms with E-state index in [0.29, 0.717) is 19.3 Å². The molecule has 0 radical (unpaired) electrons. The van der Waals surface area contributed by atoms with Crippen molar-refractivity contribution in [3.8, 4) is 0 Å². The van der Waals surface area contributed by atoms with Crippen molar-refractivity contribution < 1.29 is 27.0 Å². The molecule has 0 heterocycles. The first-order valence-corrected chi connectivity index (χ1v) is 8.53. The van der Waals surface area contributed by atoms with Crippen LogP contribution in [0.4, 0.5) is 0 Å². The first kappa shape index (κ1) is 16.0. The monoisotopic (exact) mass is 365 g/mol. The maximum Gasteiger partial charge on any atom is 0.303 e. The summed E-state index contributed by atoms with van der Waals surface area (Å²) in [5.74, 6) is -0.818. The van der Waals surface area contributed by atoms with Crippen LogP contribution in [0, 0.1) is 0 Å². The molecule has 0 aliphatic heterocycles. The summed E-state index contributed by atoms with van der Waals surface area (Å²) in [6, 6.07) is 0. The molecule has 0 aliphatic rings. The Hall–Kier alpha value is -2.17. The molecule has 2 atom stereocenters. The van der Waals surface area contributed by atoms with Gasteiger partial charge in [-0.1, -0.05) is 79.8 Å². The van der Waals surface area contributed by atoms with Gasteiger partial charge in [0.05, 0.1) is 12.2 Å². The van der Waals surface area contributed by atoms with Gasteiger partial charge in [0.15, 0.2) is 0 Å². The van der Waals surface area contributed by atoms with Gasteiger partial charge in [0, 0.05) is 13.3 Å². The number of allylic oxidation sites excluding steroid dienone is 8. The lowest BCUT2D eigenvalue weighted by Gasteiger charge is -1.99. The van der Waals surface area contributed by atoms with Gasteiger partial charge in [-0.25, -0.2) is 0 Å². The molecule has 3 N–H and O–H groups in total. The third-order valence-corrected chi connectivity index (χ3v) is 3.09. The van der Waals surface area contributed by atoms with Crippen LogP contribution in [-0.2, 0) is 4.79 Å². The Bertz CT molecular complexity index is 689. The highest BCUT2D eigenvalue weighted by molar-refractivity contribution is 5.66. The predicted molar refractivity (Wildman–Crippen MR) is 108 cm³/mol. The maximum atomic E-state index is 10.3. The zero-order valence-corrected chi connectivity index (χ0v) is 14.9. The van der Waals surface area contributed by atoms with Crippen LogP contribution >= 0.6 is 0 Å². The fraction of sp³-hybridized carbons (Fsp3) is 0.409. The molecule has 4 heteroatoms. The fourth-order valence-corrected chi connectivity index (χ4v) is 1.77. The molecule has 0 spiro atoms. The molecule has 0 saturated carbocycles. The Morgan fingerprint density at radius 3 is 2.08 bits per heavy atom. The van der Waals surface area contributed by atoms with Crippen LogP contribution < -0.4 is 0 Å². The van der Waals surface area contributed by atoms with Crippen LogP contribution in [0.5, 0.6) is 0 Å². The van der Waals surface area contributed by atoms with Crippen molar-refractivity contribution in [3.05, 3.63) is 72.9 Å². The summed E-state index contributed by atoms with van der Waals surface area (Å²) in [7, 11) is 0. The lowest BCUT2D eigenvalue weighted by Crippen LogP contribution is -1.98. The van der Waals surface area contributed by atoms with E-state index in [1.165, 1.54) is 12.2 Å². The number of rotatable bonds is 14. The van der Waals surface area contributed by atoms with Gasteiger partial charge < -0.3 is 15.3 Å². The minimum Gasteiger partial charge on any atom is -0.481 e. The number of carboxylic acids is 1. The second-order valence-corrected chi connectivity index (χ2v) is 5.42. The molecule has 26 heavy (non-hydrogen) atoms. The Balaban J connectivity index is 4.13. The van der Waals surface area contributed by atoms with E-state index in [1.54, 1.807) is 30.4 Å². The minimum atomic E-state index is -2.75. The van der Waals surface area contributed by atoms with Crippen molar-refractivity contribution in [1.82, 2.24) is 0 Å². The van der Waals surface area contributed by atoms with Crippen molar-refractivity contribution >= 4 is 5.97 Å². The number of aliphatic hydroxyl groups excluding tert-OH is 2. The van der Waals surface area contributed by atoms with Gasteiger partial charge in [-0.3, -0.25) is 4.79 Å². The number of carboxylic acid groups (broad SMARTS) is 1. The maximum absolute atomic E-state index is 10.3. The van der Waals surface area contributed by atoms with E-state index in [1.807, 2.05) is 24.3 Å². The average molecular weight is 366 g/mol. The Kier molecular flexibility index (Phi) is 10.9. The van der Waals surface area contributed by atoms with E-state index < -0.39 is 31.4 Å². The van der Waals surface area contributed by atoms with Gasteiger partial charge in [0.2, 0.25) is 0 Å². The lowest BCUT2D eigenvalue weighted by atomic mass is 10.2. The average Bonchev–Trinajstić information content (AvgIpc) is 2.65. The van der Waals surface area contributed by atoms with E-state index in [2.05, 4.69) is 0 Å². The molecular formula is C22H32O4. The van der Waals surface area contributed by atoms with Crippen LogP contribution in [-0.4, -0.2) is 33.5 Å². The highest BCUT2D eigenvalue weighted by Crippen LogP contribution is 2.00. The number of hydrogen-bond donors (Lipinski definition) is 3. The van der Waals surface area contributed by atoms with E-state index in [-0.39, 0.29) is 12.8 Å². The van der Waals surface area contributed by atoms with Crippen molar-refractivity contribution in [3.63, 3.8) is 0 Å². The molecule has 0 rings (SSSR count). The lowest BCUT2D eigenvalue weighted by molar-refractivity contribution is -0.136. The number of aliphatic carboxylic acids is 1. The summed E-state index contributed by atoms with van der Waals surface area (Å²) in [5.41, 5.74) is 0. The SMILES string of the molecule is [2H]C([2H])([2H])C([2H])([2H])/C=C\C[C@H](O)\C=C/C=C/C=C/[C@H](O)C/C=C\C/C=C\CCC(=O)O. The van der Waals surface area contributed by atoms with E-state index in [4.69, 9.17) is 12.0 Å². The van der Waals surface area contributed by atoms with Gasteiger partial charge in [-0.15, -0.1) is 0 Å². The second-order valence-electron chi connectivity index (χ2n) is 5.42. The van der Waals surface area contributed by atoms with E-state index in [0.717, 1.165) is 6.08 Å². The third-order valence-electron chi connectivity index (χ3n) is 3.09. The third kappa shape index (κ3) is 18.2. The molecule has 0 unspecified atom stereocenters. The quantitative estimate of drug-likeness (QED) is 0.313. The molecule has 4 nitrogen and oxygen atoms in total. The Morgan fingerprint density at radius 1 is 0.923 bits per heavy atom. The normalized spacial score (nSPS) is 19.4. The molecule has 0 bridgehead atoms. The number of aliphatic hydroxyl groups is 2. The van der Waals surface area contributed by atoms with Gasteiger partial charge >= 0.3 is 5.97 Å². The molecule has 0 aromatic heterocycles. The van der Waals surface area contributed by atoms with Gasteiger partial charge in [0.1, 0.15) is 0 Å². The predicted octanol–water partition coefficient (Wildman–Crippen LogP) is 4.49. The van der Waals surface area contributed by atoms with Crippen molar-refractivity contribution in [1.29, 1.82) is 0 Å². The Morgan fingerprint density at radius 2 is 1.50 bits per heavy atom. The van der Waals surface area contributed by atoms with E-state index in [9.17, 15) is 15.0 Å². The van der Waals surface area contributed by atoms with Gasteiger partial charge in [0.25, 0.3) is 0 Å². The van der Waals surface area contributed by atoms with Crippen LogP contribution in [0.2, 0.25) is 0 Å². The smallest absolute Gasteiger partial charge is 0.303 e. The molecule has 0 aliphatic carbocycles. The van der Waals surface area contributed by atoms with Crippen LogP contribution in [0.1, 0.15) is 52.2 Å². The highest BCUT2D eigenvalue weighted by atomic mass is 16.4. The van der Waals surface area contributed by atoms with Gasteiger partial charge in [-0.05, 0) is 32.1 Å². The molecular weight excluding hydrogens is 328 g/mol. The molecule has 0 saturated heterocycles. The van der Waals surface area contributed by atoms with Gasteiger partial charge in [-0.2, -0.15) is 0 Å². The van der Waals surface area contributed by atoms with Crippen LogP contribution in [0.15, 0.2) is 72.9 Å². The summed E-state index contributed by atoms with van der Waals surface area (Å²) >= 11 is 0. The molecule has 144 valence electrons. The molecule has 0 aromatic carbocycles. The summed E-state index contributed by atoms with van der Waals surface area (Å²) < 4.78 is 36.1. The summed E-state index contributed by atoms with van der Waals surface area (Å²) in [4.78, 5) is 10.3. The standard InChI is InChI=1S/C22H32O4/c1-2-3-10-15-20(23)17-12-8-9-13-18-21(24)16-11-6-4-5-7-14-19-22(25)26/h3,5-13,17-18,20-21,23-24H,2,4,14-16,19H2,1H3,(H,25,26)/b7-5-,9-8+,10-3-,11-6-,17-12-,18-13+/t20-,21+/m0/s1/i1D3,2D2. The number of carbonyl (C=O) groups is 1. The zero-order valence-electron chi connectivity index (χ0n) is 19.9. The molecule has 0 aromatic rings. The Labute approximate surface area is 164 Å². The van der Waals surface area contributed by atoms with Crippen LogP contribution in [0.25, 0.3) is 0 Å². The fourth-order valence-electron chi connectivity index (χ4n) is 1.77. The summed E-state index contributed by atoms with van der Waals surface area (Å²) in [5, 5.41) is 28.1. The summed E-state index contributed by atoms with van der Waals surface area (Å²) in [6.45, 7) is -2.75. The van der Waals surface area contributed by atoms with E-state index >= 15 is 0 Å². The van der Waals surface area contributed by atoms with Crippen molar-refractivity contribution in [2.45, 2.75) is 57.5 Å². The molecule has 0 fully saturated rings. The van der Waals surface area contributed by atoms with Crippen molar-refractivity contribution in [2.75, 3.05) is 0 Å². The first-order chi connectivity index (χ1) is 14.5. The summed E-state index contributed by atoms with van der Waals surface area (Å²) in [6.07, 6.45) is 17.3. The largest absolute Gasteiger partial charge is 0.481 e. The van der Waals surface area contributed by atoms with Crippen molar-refractivity contribution in [2.24, 2.45) is 0 Å². The second kappa shape index (κ2) is 17.6. The number of hydrogen-bond acceptors (Lipinski definition) is 3. The minimum absolute atomic E-state index is 0.0928. The van der Waals surface area contributed by atoms with Crippen LogP contribution in [0.3, 0.4) is 0 Å². The molecule has 0 amide bonds. The topological polar surface area (TPSA) is 77.8 Å². The zero-order chi connectivity index (χ0) is 23.8. The first-order valence-electron chi connectivity index (χ1n) is 11.0.